The van der Waals surface area contributed by atoms with Crippen molar-refractivity contribution in [1.82, 2.24) is 9.47 Å². The lowest BCUT2D eigenvalue weighted by molar-refractivity contribution is -0.139. The molecule has 0 fully saturated rings. The van der Waals surface area contributed by atoms with Crippen LogP contribution in [0.25, 0.3) is 6.20 Å². The molecule has 2 heterocycles. The lowest BCUT2D eigenvalue weighted by Crippen LogP contribution is -2.40. The first-order valence-electron chi connectivity index (χ1n) is 8.45. The molecule has 1 aliphatic rings. The van der Waals surface area contributed by atoms with Crippen LogP contribution >= 0.6 is 22.9 Å². The molecule has 1 aromatic carbocycles. The Morgan fingerprint density at radius 2 is 2.04 bits per heavy atom. The molecule has 142 valence electrons. The van der Waals surface area contributed by atoms with Crippen molar-refractivity contribution in [3.8, 4) is 0 Å². The number of esters is 1. The maximum Gasteiger partial charge on any atom is 0.338 e. The molecule has 1 atom stereocenters. The van der Waals surface area contributed by atoms with Crippen LogP contribution in [0.2, 0.25) is 5.02 Å². The van der Waals surface area contributed by atoms with Crippen molar-refractivity contribution in [2.45, 2.75) is 19.9 Å². The maximum absolute atomic E-state index is 13.1. The molecule has 0 saturated carbocycles. The van der Waals surface area contributed by atoms with Gasteiger partial charge in [0.25, 0.3) is 5.56 Å². The van der Waals surface area contributed by atoms with Gasteiger partial charge in [-0.1, -0.05) is 35.1 Å². The van der Waals surface area contributed by atoms with E-state index in [0.29, 0.717) is 25.6 Å². The highest BCUT2D eigenvalue weighted by Crippen LogP contribution is 2.31. The fourth-order valence-electron chi connectivity index (χ4n) is 2.98. The highest BCUT2D eigenvalue weighted by molar-refractivity contribution is 7.07. The van der Waals surface area contributed by atoms with Crippen molar-refractivity contribution in [2.75, 3.05) is 20.7 Å². The zero-order valence-electron chi connectivity index (χ0n) is 15.5. The van der Waals surface area contributed by atoms with Crippen molar-refractivity contribution < 1.29 is 9.53 Å². The van der Waals surface area contributed by atoms with Gasteiger partial charge in [-0.05, 0) is 31.5 Å². The smallest absolute Gasteiger partial charge is 0.338 e. The fourth-order valence-corrected chi connectivity index (χ4v) is 4.22. The summed E-state index contributed by atoms with van der Waals surface area (Å²) in [6.45, 7) is 3.75. The Bertz CT molecular complexity index is 1080. The molecule has 0 amide bonds. The number of hydrogen-bond donors (Lipinski definition) is 0. The highest BCUT2D eigenvalue weighted by atomic mass is 35.5. The van der Waals surface area contributed by atoms with Crippen LogP contribution in [-0.4, -0.2) is 36.1 Å². The predicted molar refractivity (Wildman–Crippen MR) is 106 cm³/mol. The molecule has 3 rings (SSSR count). The number of ether oxygens (including phenoxy) is 1. The second-order valence-electron chi connectivity index (χ2n) is 6.30. The average molecular weight is 406 g/mol. The number of aromatic nitrogens is 1. The molecule has 0 unspecified atom stereocenters. The molecule has 6 nitrogen and oxygen atoms in total. The largest absolute Gasteiger partial charge is 0.463 e. The number of rotatable bonds is 4. The Morgan fingerprint density at radius 1 is 1.37 bits per heavy atom. The van der Waals surface area contributed by atoms with E-state index >= 15 is 0 Å². The van der Waals surface area contributed by atoms with Crippen LogP contribution in [0.5, 0.6) is 0 Å². The summed E-state index contributed by atoms with van der Waals surface area (Å²) in [5.74, 6) is -0.472. The van der Waals surface area contributed by atoms with Crippen LogP contribution < -0.4 is 14.9 Å². The second kappa shape index (κ2) is 7.70. The van der Waals surface area contributed by atoms with Gasteiger partial charge in [0, 0.05) is 25.3 Å². The second-order valence-corrected chi connectivity index (χ2v) is 7.75. The number of nitrogens with zero attached hydrogens (tertiary/aromatic N) is 3. The summed E-state index contributed by atoms with van der Waals surface area (Å²) in [6.07, 6.45) is 1.76. The number of thiazole rings is 1. The zero-order chi connectivity index (χ0) is 19.7. The van der Waals surface area contributed by atoms with Crippen LogP contribution in [0.4, 0.5) is 0 Å². The monoisotopic (exact) mass is 405 g/mol. The van der Waals surface area contributed by atoms with E-state index in [4.69, 9.17) is 16.3 Å². The van der Waals surface area contributed by atoms with Crippen LogP contribution in [0.3, 0.4) is 0 Å². The highest BCUT2D eigenvalue weighted by Gasteiger charge is 2.33. The van der Waals surface area contributed by atoms with Crippen molar-refractivity contribution in [1.29, 1.82) is 0 Å². The van der Waals surface area contributed by atoms with E-state index in [-0.39, 0.29) is 12.2 Å². The third kappa shape index (κ3) is 3.70. The summed E-state index contributed by atoms with van der Waals surface area (Å²) in [5, 5.41) is 0.581. The van der Waals surface area contributed by atoms with E-state index in [1.165, 1.54) is 11.3 Å². The number of carbonyl (C=O) groups excluding carboxylic acids is 1. The fraction of sp³-hybridized carbons (Fsp3) is 0.316. The van der Waals surface area contributed by atoms with E-state index < -0.39 is 12.0 Å². The number of hydrogen-bond acceptors (Lipinski definition) is 6. The van der Waals surface area contributed by atoms with Crippen LogP contribution in [0, 0.1) is 0 Å². The van der Waals surface area contributed by atoms with Gasteiger partial charge in [-0.15, -0.1) is 0 Å². The molecule has 8 heteroatoms. The topological polar surface area (TPSA) is 63.9 Å². The lowest BCUT2D eigenvalue weighted by atomic mass is 9.96. The van der Waals surface area contributed by atoms with Crippen LogP contribution in [0.1, 0.15) is 25.5 Å². The third-order valence-corrected chi connectivity index (χ3v) is 5.30. The van der Waals surface area contributed by atoms with E-state index in [9.17, 15) is 9.59 Å². The van der Waals surface area contributed by atoms with Gasteiger partial charge in [0.05, 0.1) is 23.9 Å². The first kappa shape index (κ1) is 19.4. The number of benzene rings is 1. The molecule has 27 heavy (non-hydrogen) atoms. The Kier molecular flexibility index (Phi) is 5.53. The quantitative estimate of drug-likeness (QED) is 0.729. The summed E-state index contributed by atoms with van der Waals surface area (Å²) in [4.78, 5) is 32.6. The van der Waals surface area contributed by atoms with Crippen molar-refractivity contribution in [2.24, 2.45) is 4.99 Å². The number of carbonyl (C=O) groups is 1. The SMILES string of the molecule is CCOC(=O)C1=C(C)N=c2s/c(=C/N(C)C)c(=O)n2[C@H]1c1ccc(Cl)cc1. The zero-order valence-corrected chi connectivity index (χ0v) is 17.1. The van der Waals surface area contributed by atoms with Gasteiger partial charge in [-0.2, -0.15) is 0 Å². The van der Waals surface area contributed by atoms with Gasteiger partial charge in [0.1, 0.15) is 4.53 Å². The molecule has 1 aromatic heterocycles. The summed E-state index contributed by atoms with van der Waals surface area (Å²) in [6, 6.07) is 6.50. The molecule has 0 radical (unpaired) electrons. The minimum absolute atomic E-state index is 0.193. The molecular weight excluding hydrogens is 386 g/mol. The molecule has 0 spiro atoms. The van der Waals surface area contributed by atoms with E-state index in [1.54, 1.807) is 36.7 Å². The predicted octanol–water partition coefficient (Wildman–Crippen LogP) is 1.92. The number of halogens is 1. The first-order valence-corrected chi connectivity index (χ1v) is 9.64. The standard InChI is InChI=1S/C19H20ClN3O3S/c1-5-26-18(25)15-11(2)21-19-23(17(24)14(27-19)10-22(3)4)16(15)12-6-8-13(20)9-7-12/h6-10,16H,5H2,1-4H3/b14-10+/t16-/m0/s1. The van der Waals surface area contributed by atoms with Crippen LogP contribution in [-0.2, 0) is 9.53 Å². The Balaban J connectivity index is 2.31. The van der Waals surface area contributed by atoms with E-state index in [1.807, 2.05) is 31.1 Å². The average Bonchev–Trinajstić information content (AvgIpc) is 2.89. The minimum Gasteiger partial charge on any atom is -0.463 e. The van der Waals surface area contributed by atoms with Gasteiger partial charge in [-0.25, -0.2) is 9.79 Å². The molecule has 2 aromatic rings. The summed E-state index contributed by atoms with van der Waals surface area (Å²) >= 11 is 7.32. The Hall–Kier alpha value is -2.38. The summed E-state index contributed by atoms with van der Waals surface area (Å²) < 4.78 is 7.35. The number of allylic oxidation sites excluding steroid dienone is 1. The van der Waals surface area contributed by atoms with Crippen molar-refractivity contribution >= 4 is 35.1 Å². The molecule has 0 N–H and O–H groups in total. The van der Waals surface area contributed by atoms with E-state index in [2.05, 4.69) is 4.99 Å². The number of fused-ring (bicyclic) bond motifs is 1. The molecule has 0 saturated heterocycles. The molecule has 1 aliphatic heterocycles. The third-order valence-electron chi connectivity index (χ3n) is 4.08. The van der Waals surface area contributed by atoms with Gasteiger partial charge in [0.2, 0.25) is 0 Å². The van der Waals surface area contributed by atoms with Gasteiger partial charge in [-0.3, -0.25) is 9.36 Å². The Labute approximate surface area is 165 Å². The lowest BCUT2D eigenvalue weighted by Gasteiger charge is -2.24. The maximum atomic E-state index is 13.1. The van der Waals surface area contributed by atoms with Crippen LogP contribution in [0.15, 0.2) is 45.3 Å². The first-order chi connectivity index (χ1) is 12.8. The minimum atomic E-state index is -0.609. The Morgan fingerprint density at radius 3 is 2.63 bits per heavy atom. The van der Waals surface area contributed by atoms with Crippen molar-refractivity contribution in [3.63, 3.8) is 0 Å². The summed E-state index contributed by atoms with van der Waals surface area (Å²) in [5.41, 5.74) is 1.49. The molecule has 0 aliphatic carbocycles. The van der Waals surface area contributed by atoms with Gasteiger partial charge >= 0.3 is 5.97 Å². The van der Waals surface area contributed by atoms with Gasteiger partial charge < -0.3 is 9.64 Å². The molecule has 0 bridgehead atoms. The van der Waals surface area contributed by atoms with Crippen molar-refractivity contribution in [3.05, 3.63) is 65.8 Å². The summed E-state index contributed by atoms with van der Waals surface area (Å²) in [7, 11) is 3.70. The molecular formula is C19H20ClN3O3S. The van der Waals surface area contributed by atoms with E-state index in [0.717, 1.165) is 5.56 Å². The van der Waals surface area contributed by atoms with Gasteiger partial charge in [0.15, 0.2) is 4.80 Å². The normalized spacial score (nSPS) is 16.8.